The Bertz CT molecular complexity index is 792. The summed E-state index contributed by atoms with van der Waals surface area (Å²) in [4.78, 5) is 24.8. The smallest absolute Gasteiger partial charge is 0.262 e. The minimum atomic E-state index is -0.0855. The second-order valence-corrected chi connectivity index (χ2v) is 7.23. The van der Waals surface area contributed by atoms with Gasteiger partial charge in [-0.2, -0.15) is 0 Å². The van der Waals surface area contributed by atoms with Crippen LogP contribution in [-0.2, 0) is 11.2 Å². The molecule has 2 amide bonds. The number of nitrogens with one attached hydrogen (secondary N) is 2. The Hall–Kier alpha value is -2.14. The van der Waals surface area contributed by atoms with E-state index in [4.69, 9.17) is 0 Å². The summed E-state index contributed by atoms with van der Waals surface area (Å²) in [5.74, 6) is 0.611. The lowest BCUT2D eigenvalue weighted by molar-refractivity contribution is -0.115. The number of rotatable bonds is 4. The molecule has 2 aromatic rings. The second-order valence-electron chi connectivity index (χ2n) is 6.32. The number of hydrogen-bond donors (Lipinski definition) is 2. The van der Waals surface area contributed by atoms with Crippen LogP contribution in [0.5, 0.6) is 0 Å². The number of carbonyl (C=O) groups excluding carboxylic acids is 2. The van der Waals surface area contributed by atoms with Crippen LogP contribution in [0.25, 0.3) is 0 Å². The monoisotopic (exact) mass is 326 g/mol. The molecule has 0 bridgehead atoms. The van der Waals surface area contributed by atoms with Crippen LogP contribution in [0, 0.1) is 0 Å². The highest BCUT2D eigenvalue weighted by molar-refractivity contribution is 7.12. The molecule has 4 rings (SSSR count). The number of anilines is 1. The van der Waals surface area contributed by atoms with Crippen molar-refractivity contribution >= 4 is 28.8 Å². The predicted octanol–water partition coefficient (Wildman–Crippen LogP) is 3.61. The molecule has 0 saturated heterocycles. The highest BCUT2D eigenvalue weighted by Crippen LogP contribution is 2.43. The maximum absolute atomic E-state index is 12.6. The number of thiophene rings is 1. The lowest BCUT2D eigenvalue weighted by Gasteiger charge is -2.15. The van der Waals surface area contributed by atoms with Gasteiger partial charge in [0, 0.05) is 5.69 Å². The topological polar surface area (TPSA) is 58.2 Å². The van der Waals surface area contributed by atoms with Crippen LogP contribution in [0.2, 0.25) is 0 Å². The average molecular weight is 326 g/mol. The zero-order valence-corrected chi connectivity index (χ0v) is 13.7. The van der Waals surface area contributed by atoms with E-state index in [1.54, 1.807) is 0 Å². The van der Waals surface area contributed by atoms with Crippen molar-refractivity contribution < 1.29 is 9.59 Å². The van der Waals surface area contributed by atoms with Crippen LogP contribution in [0.15, 0.2) is 29.6 Å². The van der Waals surface area contributed by atoms with Crippen molar-refractivity contribution in [1.29, 1.82) is 0 Å². The lowest BCUT2D eigenvalue weighted by Crippen LogP contribution is -2.26. The number of benzene rings is 1. The minimum absolute atomic E-state index is 0.00380. The van der Waals surface area contributed by atoms with Crippen LogP contribution in [0.1, 0.15) is 58.1 Å². The summed E-state index contributed by atoms with van der Waals surface area (Å²) >= 11 is 1.52. The summed E-state index contributed by atoms with van der Waals surface area (Å²) in [6.45, 7) is 1.98. The molecule has 2 N–H and O–H groups in total. The largest absolute Gasteiger partial charge is 0.345 e. The molecule has 1 atom stereocenters. The van der Waals surface area contributed by atoms with Crippen LogP contribution < -0.4 is 10.6 Å². The first kappa shape index (κ1) is 14.5. The SMILES string of the molecule is C[C@H](NC(=O)c1sccc1C1CC1)c1ccc2c(c1)CC(=O)N2. The number of hydrogen-bond acceptors (Lipinski definition) is 3. The molecular formula is C18H18N2O2S. The van der Waals surface area contributed by atoms with Crippen molar-refractivity contribution in [3.63, 3.8) is 0 Å². The lowest BCUT2D eigenvalue weighted by atomic mass is 10.0. The van der Waals surface area contributed by atoms with Gasteiger partial charge in [-0.15, -0.1) is 11.3 Å². The van der Waals surface area contributed by atoms with E-state index in [9.17, 15) is 9.59 Å². The minimum Gasteiger partial charge on any atom is -0.345 e. The van der Waals surface area contributed by atoms with Crippen LogP contribution in [0.4, 0.5) is 5.69 Å². The Morgan fingerprint density at radius 3 is 2.96 bits per heavy atom. The summed E-state index contributed by atoms with van der Waals surface area (Å²) < 4.78 is 0. The first-order chi connectivity index (χ1) is 11.1. The summed E-state index contributed by atoms with van der Waals surface area (Å²) in [6, 6.07) is 7.88. The molecule has 1 aromatic carbocycles. The molecule has 2 aliphatic rings. The highest BCUT2D eigenvalue weighted by Gasteiger charge is 2.29. The van der Waals surface area contributed by atoms with E-state index in [0.29, 0.717) is 12.3 Å². The normalized spacial score (nSPS) is 17.5. The van der Waals surface area contributed by atoms with E-state index in [2.05, 4.69) is 16.7 Å². The number of fused-ring (bicyclic) bond motifs is 1. The van der Waals surface area contributed by atoms with Crippen LogP contribution >= 0.6 is 11.3 Å². The van der Waals surface area contributed by atoms with Crippen LogP contribution in [0.3, 0.4) is 0 Å². The van der Waals surface area contributed by atoms with Gasteiger partial charge in [0.15, 0.2) is 0 Å². The summed E-state index contributed by atoms with van der Waals surface area (Å²) in [7, 11) is 0. The average Bonchev–Trinajstić information content (AvgIpc) is 3.12. The molecule has 0 spiro atoms. The number of carbonyl (C=O) groups is 2. The molecule has 1 saturated carbocycles. The Kier molecular flexibility index (Phi) is 3.45. The Balaban J connectivity index is 1.50. The molecule has 1 aromatic heterocycles. The zero-order chi connectivity index (χ0) is 16.0. The third-order valence-corrected chi connectivity index (χ3v) is 5.45. The highest BCUT2D eigenvalue weighted by atomic mass is 32.1. The van der Waals surface area contributed by atoms with Gasteiger partial charge in [0.05, 0.1) is 17.3 Å². The van der Waals surface area contributed by atoms with E-state index >= 15 is 0 Å². The maximum Gasteiger partial charge on any atom is 0.262 e. The molecule has 4 nitrogen and oxygen atoms in total. The molecule has 0 unspecified atom stereocenters. The van der Waals surface area contributed by atoms with Gasteiger partial charge in [0.1, 0.15) is 0 Å². The molecule has 2 heterocycles. The third kappa shape index (κ3) is 2.77. The van der Waals surface area contributed by atoms with Gasteiger partial charge in [0.2, 0.25) is 5.91 Å². The fourth-order valence-corrected chi connectivity index (χ4v) is 3.97. The Morgan fingerprint density at radius 2 is 2.17 bits per heavy atom. The molecular weight excluding hydrogens is 308 g/mol. The maximum atomic E-state index is 12.6. The summed E-state index contributed by atoms with van der Waals surface area (Å²) in [5, 5.41) is 7.92. The zero-order valence-electron chi connectivity index (χ0n) is 12.9. The fourth-order valence-electron chi connectivity index (χ4n) is 3.08. The number of amides is 2. The van der Waals surface area contributed by atoms with Crippen molar-refractivity contribution in [2.75, 3.05) is 5.32 Å². The molecule has 5 heteroatoms. The molecule has 1 aliphatic carbocycles. The molecule has 1 aliphatic heterocycles. The first-order valence-electron chi connectivity index (χ1n) is 7.93. The molecule has 23 heavy (non-hydrogen) atoms. The van der Waals surface area contributed by atoms with E-state index in [-0.39, 0.29) is 17.9 Å². The van der Waals surface area contributed by atoms with Crippen molar-refractivity contribution in [1.82, 2.24) is 5.32 Å². The third-order valence-electron chi connectivity index (χ3n) is 4.52. The quantitative estimate of drug-likeness (QED) is 0.902. The van der Waals surface area contributed by atoms with Gasteiger partial charge in [-0.3, -0.25) is 9.59 Å². The van der Waals surface area contributed by atoms with Gasteiger partial charge < -0.3 is 10.6 Å². The second kappa shape index (κ2) is 5.49. The van der Waals surface area contributed by atoms with Gasteiger partial charge in [-0.25, -0.2) is 0 Å². The fraction of sp³-hybridized carbons (Fsp3) is 0.333. The van der Waals surface area contributed by atoms with Gasteiger partial charge >= 0.3 is 0 Å². The van der Waals surface area contributed by atoms with Crippen molar-refractivity contribution in [3.05, 3.63) is 51.2 Å². The Morgan fingerprint density at radius 1 is 1.35 bits per heavy atom. The van der Waals surface area contributed by atoms with Gasteiger partial charge in [0.25, 0.3) is 5.91 Å². The van der Waals surface area contributed by atoms with E-state index in [1.807, 2.05) is 30.5 Å². The molecule has 118 valence electrons. The Labute approximate surface area is 138 Å². The van der Waals surface area contributed by atoms with Crippen molar-refractivity contribution in [3.8, 4) is 0 Å². The molecule has 0 radical (unpaired) electrons. The van der Waals surface area contributed by atoms with Crippen molar-refractivity contribution in [2.24, 2.45) is 0 Å². The summed E-state index contributed by atoms with van der Waals surface area (Å²) in [5.41, 5.74) is 4.11. The van der Waals surface area contributed by atoms with E-state index in [0.717, 1.165) is 21.7 Å². The van der Waals surface area contributed by atoms with Gasteiger partial charge in [-0.1, -0.05) is 12.1 Å². The van der Waals surface area contributed by atoms with E-state index < -0.39 is 0 Å². The van der Waals surface area contributed by atoms with Crippen molar-refractivity contribution in [2.45, 2.75) is 38.1 Å². The van der Waals surface area contributed by atoms with E-state index in [1.165, 1.54) is 29.7 Å². The standard InChI is InChI=1S/C18H18N2O2S/c1-10(12-4-5-15-13(8-12)9-16(21)20-15)19-18(22)17-14(6-7-23-17)11-2-3-11/h4-8,10-11H,2-3,9H2,1H3,(H,19,22)(H,20,21)/t10-/m0/s1. The van der Waals surface area contributed by atoms with Crippen LogP contribution in [-0.4, -0.2) is 11.8 Å². The predicted molar refractivity (Wildman–Crippen MR) is 91.0 cm³/mol. The first-order valence-corrected chi connectivity index (χ1v) is 8.80. The van der Waals surface area contributed by atoms with Gasteiger partial charge in [-0.05, 0) is 59.9 Å². The molecule has 1 fully saturated rings. The summed E-state index contributed by atoms with van der Waals surface area (Å²) in [6.07, 6.45) is 2.80.